The topological polar surface area (TPSA) is 35.6 Å². The van der Waals surface area contributed by atoms with E-state index in [4.69, 9.17) is 0 Å². The molecule has 0 radical (unpaired) electrons. The maximum atomic E-state index is 12.7. The Labute approximate surface area is 133 Å². The van der Waals surface area contributed by atoms with E-state index in [9.17, 15) is 4.79 Å². The van der Waals surface area contributed by atoms with E-state index in [1.165, 1.54) is 0 Å². The molecule has 1 aromatic rings. The zero-order valence-corrected chi connectivity index (χ0v) is 14.1. The van der Waals surface area contributed by atoms with Gasteiger partial charge in [0.05, 0.1) is 11.4 Å². The number of rotatable bonds is 3. The van der Waals surface area contributed by atoms with Gasteiger partial charge < -0.3 is 15.1 Å². The van der Waals surface area contributed by atoms with E-state index in [-0.39, 0.29) is 24.2 Å². The summed E-state index contributed by atoms with van der Waals surface area (Å²) in [5.74, 6) is 0.649. The van der Waals surface area contributed by atoms with Gasteiger partial charge in [0.25, 0.3) is 0 Å². The number of hydrogen-bond acceptors (Lipinski definition) is 3. The summed E-state index contributed by atoms with van der Waals surface area (Å²) in [4.78, 5) is 16.9. The minimum Gasteiger partial charge on any atom is -0.373 e. The van der Waals surface area contributed by atoms with E-state index < -0.39 is 0 Å². The van der Waals surface area contributed by atoms with Crippen LogP contribution in [0.5, 0.6) is 0 Å². The molecule has 1 N–H and O–H groups in total. The molecule has 5 heteroatoms. The molecule has 0 aromatic heterocycles. The number of anilines is 2. The molecule has 4 nitrogen and oxygen atoms in total. The highest BCUT2D eigenvalue weighted by Crippen LogP contribution is 2.33. The van der Waals surface area contributed by atoms with Crippen LogP contribution >= 0.6 is 12.4 Å². The van der Waals surface area contributed by atoms with Gasteiger partial charge in [-0.15, -0.1) is 12.4 Å². The smallest absolute Gasteiger partial charge is 0.231 e. The van der Waals surface area contributed by atoms with Crippen molar-refractivity contribution in [1.82, 2.24) is 5.32 Å². The van der Waals surface area contributed by atoms with Gasteiger partial charge in [-0.2, -0.15) is 0 Å². The van der Waals surface area contributed by atoms with Crippen LogP contribution in [0.15, 0.2) is 24.3 Å². The molecule has 2 unspecified atom stereocenters. The minimum absolute atomic E-state index is 0. The Kier molecular flexibility index (Phi) is 6.49. The SMILES string of the molecule is CNCC(C)C(=O)N1CC(C)CN(C)c2ccccc21.Cl. The van der Waals surface area contributed by atoms with Crippen LogP contribution in [0.3, 0.4) is 0 Å². The van der Waals surface area contributed by atoms with Gasteiger partial charge in [-0.3, -0.25) is 4.79 Å². The second-order valence-corrected chi connectivity index (χ2v) is 5.88. The Morgan fingerprint density at radius 3 is 2.57 bits per heavy atom. The Hall–Kier alpha value is -1.26. The number of fused-ring (bicyclic) bond motifs is 1. The van der Waals surface area contributed by atoms with E-state index in [1.54, 1.807) is 0 Å². The van der Waals surface area contributed by atoms with Crippen molar-refractivity contribution in [1.29, 1.82) is 0 Å². The van der Waals surface area contributed by atoms with Gasteiger partial charge >= 0.3 is 0 Å². The van der Waals surface area contributed by atoms with Crippen LogP contribution in [0.4, 0.5) is 11.4 Å². The maximum absolute atomic E-state index is 12.7. The molecule has 0 saturated heterocycles. The summed E-state index contributed by atoms with van der Waals surface area (Å²) in [6.45, 7) is 6.66. The van der Waals surface area contributed by atoms with Crippen LogP contribution in [0, 0.1) is 11.8 Å². The van der Waals surface area contributed by atoms with Crippen LogP contribution in [-0.2, 0) is 4.79 Å². The average Bonchev–Trinajstić information content (AvgIpc) is 2.56. The number of carbonyl (C=O) groups excluding carboxylic acids is 1. The highest BCUT2D eigenvalue weighted by atomic mass is 35.5. The third kappa shape index (κ3) is 3.89. The Balaban J connectivity index is 0.00000220. The van der Waals surface area contributed by atoms with Crippen molar-refractivity contribution in [2.24, 2.45) is 11.8 Å². The molecule has 0 bridgehead atoms. The van der Waals surface area contributed by atoms with Crippen molar-refractivity contribution in [2.75, 3.05) is 43.5 Å². The van der Waals surface area contributed by atoms with Crippen molar-refractivity contribution in [3.05, 3.63) is 24.3 Å². The fourth-order valence-electron chi connectivity index (χ4n) is 2.92. The number of amides is 1. The molecule has 1 aromatic carbocycles. The van der Waals surface area contributed by atoms with Gasteiger partial charge in [0, 0.05) is 32.6 Å². The van der Waals surface area contributed by atoms with Crippen LogP contribution < -0.4 is 15.1 Å². The summed E-state index contributed by atoms with van der Waals surface area (Å²) in [6, 6.07) is 8.18. The summed E-state index contributed by atoms with van der Waals surface area (Å²) in [5, 5.41) is 3.09. The molecule has 2 atom stereocenters. The third-order valence-electron chi connectivity index (χ3n) is 3.86. The fourth-order valence-corrected chi connectivity index (χ4v) is 2.92. The summed E-state index contributed by atoms with van der Waals surface area (Å²) >= 11 is 0. The summed E-state index contributed by atoms with van der Waals surface area (Å²) < 4.78 is 0. The van der Waals surface area contributed by atoms with Gasteiger partial charge in [-0.25, -0.2) is 0 Å². The highest BCUT2D eigenvalue weighted by Gasteiger charge is 2.28. The molecule has 1 amide bonds. The molecular weight excluding hydrogens is 286 g/mol. The fraction of sp³-hybridized carbons (Fsp3) is 0.562. The molecule has 2 rings (SSSR count). The lowest BCUT2D eigenvalue weighted by Gasteiger charge is -2.27. The van der Waals surface area contributed by atoms with Crippen LogP contribution in [0.25, 0.3) is 0 Å². The van der Waals surface area contributed by atoms with E-state index in [1.807, 2.05) is 37.1 Å². The quantitative estimate of drug-likeness (QED) is 0.931. The lowest BCUT2D eigenvalue weighted by Crippen LogP contribution is -2.40. The molecule has 0 saturated carbocycles. The predicted molar refractivity (Wildman–Crippen MR) is 91.6 cm³/mol. The van der Waals surface area contributed by atoms with Crippen molar-refractivity contribution in [2.45, 2.75) is 13.8 Å². The molecule has 1 aliphatic heterocycles. The molecule has 0 fully saturated rings. The van der Waals surface area contributed by atoms with E-state index >= 15 is 0 Å². The standard InChI is InChI=1S/C16H25N3O.ClH/c1-12-10-18(4)14-7-5-6-8-15(14)19(11-12)16(20)13(2)9-17-3;/h5-8,12-13,17H,9-11H2,1-4H3;1H. The van der Waals surface area contributed by atoms with Crippen molar-refractivity contribution >= 4 is 29.7 Å². The predicted octanol–water partition coefficient (Wildman–Crippen LogP) is 2.38. The second-order valence-electron chi connectivity index (χ2n) is 5.88. The normalized spacial score (nSPS) is 19.3. The van der Waals surface area contributed by atoms with Gasteiger partial charge in [0.2, 0.25) is 5.91 Å². The molecule has 0 aliphatic carbocycles. The third-order valence-corrected chi connectivity index (χ3v) is 3.86. The Bertz CT molecular complexity index is 480. The first-order chi connectivity index (χ1) is 9.54. The number of nitrogens with one attached hydrogen (secondary N) is 1. The monoisotopic (exact) mass is 311 g/mol. The van der Waals surface area contributed by atoms with Gasteiger partial charge in [-0.1, -0.05) is 26.0 Å². The van der Waals surface area contributed by atoms with Crippen LogP contribution in [0.2, 0.25) is 0 Å². The lowest BCUT2D eigenvalue weighted by molar-refractivity contribution is -0.121. The first-order valence-corrected chi connectivity index (χ1v) is 7.30. The van der Waals surface area contributed by atoms with Crippen LogP contribution in [-0.4, -0.2) is 39.6 Å². The zero-order valence-electron chi connectivity index (χ0n) is 13.3. The van der Waals surface area contributed by atoms with Gasteiger partial charge in [-0.05, 0) is 25.1 Å². The van der Waals surface area contributed by atoms with Crippen molar-refractivity contribution in [3.63, 3.8) is 0 Å². The number of benzene rings is 1. The first-order valence-electron chi connectivity index (χ1n) is 7.30. The summed E-state index contributed by atoms with van der Waals surface area (Å²) in [7, 11) is 3.98. The number of carbonyl (C=O) groups is 1. The highest BCUT2D eigenvalue weighted by molar-refractivity contribution is 5.98. The Morgan fingerprint density at radius 2 is 1.95 bits per heavy atom. The first kappa shape index (κ1) is 17.8. The molecule has 21 heavy (non-hydrogen) atoms. The lowest BCUT2D eigenvalue weighted by atomic mass is 10.1. The van der Waals surface area contributed by atoms with Gasteiger partial charge in [0.15, 0.2) is 0 Å². The molecule has 118 valence electrons. The number of nitrogens with zero attached hydrogens (tertiary/aromatic N) is 2. The largest absolute Gasteiger partial charge is 0.373 e. The maximum Gasteiger partial charge on any atom is 0.231 e. The average molecular weight is 312 g/mol. The number of hydrogen-bond donors (Lipinski definition) is 1. The van der Waals surface area contributed by atoms with Crippen molar-refractivity contribution in [3.8, 4) is 0 Å². The molecular formula is C16H26ClN3O. The Morgan fingerprint density at radius 1 is 1.33 bits per heavy atom. The van der Waals surface area contributed by atoms with E-state index in [0.717, 1.165) is 24.5 Å². The molecule has 1 heterocycles. The number of para-hydroxylation sites is 2. The van der Waals surface area contributed by atoms with E-state index in [0.29, 0.717) is 12.5 Å². The summed E-state index contributed by atoms with van der Waals surface area (Å²) in [5.41, 5.74) is 2.18. The van der Waals surface area contributed by atoms with E-state index in [2.05, 4.69) is 30.3 Å². The molecule has 0 spiro atoms. The van der Waals surface area contributed by atoms with Crippen LogP contribution in [0.1, 0.15) is 13.8 Å². The minimum atomic E-state index is -0.0105. The molecule has 1 aliphatic rings. The number of halogens is 1. The van der Waals surface area contributed by atoms with Crippen molar-refractivity contribution < 1.29 is 4.79 Å². The second kappa shape index (κ2) is 7.66. The zero-order chi connectivity index (χ0) is 14.7. The summed E-state index contributed by atoms with van der Waals surface area (Å²) in [6.07, 6.45) is 0. The van der Waals surface area contributed by atoms with Gasteiger partial charge in [0.1, 0.15) is 0 Å².